The van der Waals surface area contributed by atoms with Crippen molar-refractivity contribution in [3.8, 4) is 17.0 Å². The highest BCUT2D eigenvalue weighted by molar-refractivity contribution is 7.86. The average molecular weight is 519 g/mol. The van der Waals surface area contributed by atoms with Crippen molar-refractivity contribution in [2.75, 3.05) is 31.8 Å². The second kappa shape index (κ2) is 12.2. The largest absolute Gasteiger partial charge is 0.481 e. The number of carbonyl (C=O) groups is 1. The highest BCUT2D eigenvalue weighted by Crippen LogP contribution is 2.33. The standard InChI is InChI=1S/C24H34N6O5S/c1-4-29(5-2)12-10-22(36(32,33)34)20(24(25)31)15-17-6-8-21(30-13-11-27-28-30)19(14-17)18-7-9-23(35-3)26-16-18/h6-9,11,13-14,16,20,22,27-28H,4-5,10,12,15H2,1-3H3,(H2,25,31)(H,32,33,34)/t20?,22-/m1/s1. The summed E-state index contributed by atoms with van der Waals surface area (Å²) in [6, 6.07) is 9.14. The third-order valence-electron chi connectivity index (χ3n) is 6.35. The molecule has 1 aromatic carbocycles. The van der Waals surface area contributed by atoms with Crippen LogP contribution in [0.1, 0.15) is 25.8 Å². The minimum Gasteiger partial charge on any atom is -0.481 e. The molecule has 1 unspecified atom stereocenters. The molecular weight excluding hydrogens is 484 g/mol. The molecule has 0 spiro atoms. The van der Waals surface area contributed by atoms with Crippen molar-refractivity contribution in [3.05, 3.63) is 54.5 Å². The summed E-state index contributed by atoms with van der Waals surface area (Å²) in [4.78, 5) is 18.8. The summed E-state index contributed by atoms with van der Waals surface area (Å²) >= 11 is 0. The maximum Gasteiger partial charge on any atom is 0.268 e. The van der Waals surface area contributed by atoms with Crippen molar-refractivity contribution >= 4 is 21.7 Å². The smallest absolute Gasteiger partial charge is 0.268 e. The van der Waals surface area contributed by atoms with Crippen LogP contribution in [-0.2, 0) is 21.3 Å². The zero-order valence-electron chi connectivity index (χ0n) is 20.7. The molecule has 1 aliphatic heterocycles. The predicted octanol–water partition coefficient (Wildman–Crippen LogP) is 1.69. The number of amides is 1. The van der Waals surface area contributed by atoms with Gasteiger partial charge in [0.2, 0.25) is 11.8 Å². The van der Waals surface area contributed by atoms with E-state index in [1.54, 1.807) is 23.5 Å². The van der Waals surface area contributed by atoms with Gasteiger partial charge in [-0.2, -0.15) is 8.42 Å². The van der Waals surface area contributed by atoms with Gasteiger partial charge in [-0.05, 0) is 56.2 Å². The summed E-state index contributed by atoms with van der Waals surface area (Å²) in [5, 5.41) is 0.466. The van der Waals surface area contributed by atoms with Crippen molar-refractivity contribution in [3.63, 3.8) is 0 Å². The molecule has 36 heavy (non-hydrogen) atoms. The Hall–Kier alpha value is -3.19. The van der Waals surface area contributed by atoms with Gasteiger partial charge in [0.1, 0.15) is 0 Å². The molecular formula is C24H34N6O5S. The second-order valence-electron chi connectivity index (χ2n) is 8.46. The maximum absolute atomic E-state index is 12.5. The number of anilines is 1. The van der Waals surface area contributed by atoms with E-state index in [9.17, 15) is 17.8 Å². The molecule has 1 aliphatic rings. The van der Waals surface area contributed by atoms with Crippen molar-refractivity contribution in [2.45, 2.75) is 31.9 Å². The Labute approximate surface area is 212 Å². The van der Waals surface area contributed by atoms with Gasteiger partial charge in [0.25, 0.3) is 10.1 Å². The van der Waals surface area contributed by atoms with Crippen molar-refractivity contribution in [1.82, 2.24) is 20.8 Å². The zero-order chi connectivity index (χ0) is 26.3. The number of benzene rings is 1. The molecule has 11 nitrogen and oxygen atoms in total. The van der Waals surface area contributed by atoms with Gasteiger partial charge in [-0.3, -0.25) is 14.4 Å². The summed E-state index contributed by atoms with van der Waals surface area (Å²) < 4.78 is 39.8. The quantitative estimate of drug-likeness (QED) is 0.288. The molecule has 0 fully saturated rings. The number of hydrazine groups is 2. The molecule has 12 heteroatoms. The Morgan fingerprint density at radius 1 is 1.25 bits per heavy atom. The van der Waals surface area contributed by atoms with Crippen LogP contribution in [0, 0.1) is 5.92 Å². The molecule has 0 radical (unpaired) electrons. The zero-order valence-corrected chi connectivity index (χ0v) is 21.5. The Bertz CT molecular complexity index is 1170. The van der Waals surface area contributed by atoms with Crippen LogP contribution >= 0.6 is 0 Å². The van der Waals surface area contributed by atoms with Crippen LogP contribution in [0.4, 0.5) is 5.69 Å². The van der Waals surface area contributed by atoms with Crippen LogP contribution in [0.2, 0.25) is 0 Å². The van der Waals surface area contributed by atoms with Gasteiger partial charge in [0.05, 0.1) is 24.0 Å². The molecule has 196 valence electrons. The van der Waals surface area contributed by atoms with E-state index >= 15 is 0 Å². The number of methoxy groups -OCH3 is 1. The van der Waals surface area contributed by atoms with Crippen molar-refractivity contribution in [1.29, 1.82) is 0 Å². The number of carbonyl (C=O) groups excluding carboxylic acids is 1. The van der Waals surface area contributed by atoms with Crippen molar-refractivity contribution < 1.29 is 22.5 Å². The van der Waals surface area contributed by atoms with E-state index < -0.39 is 27.2 Å². The van der Waals surface area contributed by atoms with Gasteiger partial charge in [-0.1, -0.05) is 19.9 Å². The number of hydrogen-bond donors (Lipinski definition) is 4. The molecule has 0 aliphatic carbocycles. The highest BCUT2D eigenvalue weighted by Gasteiger charge is 2.36. The van der Waals surface area contributed by atoms with E-state index in [4.69, 9.17) is 10.5 Å². The Balaban J connectivity index is 1.97. The minimum atomic E-state index is -4.52. The Kier molecular flexibility index (Phi) is 9.26. The number of hydrogen-bond acceptors (Lipinski definition) is 9. The van der Waals surface area contributed by atoms with Crippen LogP contribution in [-0.4, -0.2) is 60.8 Å². The molecule has 2 heterocycles. The second-order valence-corrected chi connectivity index (χ2v) is 10.1. The summed E-state index contributed by atoms with van der Waals surface area (Å²) in [7, 11) is -2.98. The number of primary amides is 1. The number of nitrogens with zero attached hydrogens (tertiary/aromatic N) is 3. The van der Waals surface area contributed by atoms with Crippen LogP contribution < -0.4 is 26.4 Å². The fourth-order valence-corrected chi connectivity index (χ4v) is 5.33. The van der Waals surface area contributed by atoms with Gasteiger partial charge in [-0.25, -0.2) is 4.98 Å². The topological polar surface area (TPSA) is 150 Å². The Morgan fingerprint density at radius 3 is 2.53 bits per heavy atom. The van der Waals surface area contributed by atoms with Gasteiger partial charge in [0, 0.05) is 35.8 Å². The third kappa shape index (κ3) is 6.72. The fraction of sp³-hybridized carbons (Fsp3) is 0.417. The summed E-state index contributed by atoms with van der Waals surface area (Å²) in [5.41, 5.74) is 14.6. The molecule has 2 aromatic rings. The van der Waals surface area contributed by atoms with E-state index in [1.165, 1.54) is 7.11 Å². The first-order valence-electron chi connectivity index (χ1n) is 11.8. The number of pyridine rings is 1. The maximum atomic E-state index is 12.5. The number of nitrogens with one attached hydrogen (secondary N) is 2. The lowest BCUT2D eigenvalue weighted by Gasteiger charge is -2.26. The number of nitrogens with two attached hydrogens (primary N) is 1. The molecule has 0 saturated carbocycles. The number of rotatable bonds is 13. The first-order chi connectivity index (χ1) is 17.2. The number of ether oxygens (including phenoxy) is 1. The van der Waals surface area contributed by atoms with E-state index in [0.717, 1.165) is 29.9 Å². The van der Waals surface area contributed by atoms with E-state index in [2.05, 4.69) is 15.9 Å². The number of aromatic nitrogens is 1. The molecule has 2 atom stereocenters. The van der Waals surface area contributed by atoms with E-state index in [-0.39, 0.29) is 12.8 Å². The monoisotopic (exact) mass is 518 g/mol. The van der Waals surface area contributed by atoms with Crippen LogP contribution in [0.3, 0.4) is 0 Å². The minimum absolute atomic E-state index is 0.0520. The van der Waals surface area contributed by atoms with Crippen LogP contribution in [0.5, 0.6) is 5.88 Å². The van der Waals surface area contributed by atoms with Gasteiger partial charge < -0.3 is 20.8 Å². The molecule has 5 N–H and O–H groups in total. The Morgan fingerprint density at radius 2 is 2.00 bits per heavy atom. The van der Waals surface area contributed by atoms with Crippen molar-refractivity contribution in [2.24, 2.45) is 11.7 Å². The van der Waals surface area contributed by atoms with Crippen LogP contribution in [0.15, 0.2) is 48.9 Å². The summed E-state index contributed by atoms with van der Waals surface area (Å²) in [6.45, 7) is 5.81. The lowest BCUT2D eigenvalue weighted by Crippen LogP contribution is -2.42. The lowest BCUT2D eigenvalue weighted by molar-refractivity contribution is -0.121. The molecule has 0 saturated heterocycles. The first kappa shape index (κ1) is 27.4. The summed E-state index contributed by atoms with van der Waals surface area (Å²) in [6.07, 6.45) is 5.36. The van der Waals surface area contributed by atoms with Gasteiger partial charge in [0.15, 0.2) is 0 Å². The van der Waals surface area contributed by atoms with Gasteiger partial charge >= 0.3 is 0 Å². The normalized spacial score (nSPS) is 15.1. The molecule has 0 bridgehead atoms. The lowest BCUT2D eigenvalue weighted by atomic mass is 9.91. The van der Waals surface area contributed by atoms with E-state index in [0.29, 0.717) is 18.0 Å². The van der Waals surface area contributed by atoms with Gasteiger partial charge in [-0.15, -0.1) is 5.53 Å². The highest BCUT2D eigenvalue weighted by atomic mass is 32.2. The first-order valence-corrected chi connectivity index (χ1v) is 13.3. The third-order valence-corrected chi connectivity index (χ3v) is 7.68. The molecule has 3 rings (SSSR count). The van der Waals surface area contributed by atoms with E-state index in [1.807, 2.05) is 49.2 Å². The SMILES string of the molecule is CCN(CC)CC[C@H](C(Cc1ccc(N2C=CNN2)c(-c2ccc(OC)nc2)c1)C(N)=O)S(=O)(=O)O. The predicted molar refractivity (Wildman–Crippen MR) is 138 cm³/mol. The average Bonchev–Trinajstić information content (AvgIpc) is 3.40. The molecule has 1 amide bonds. The molecule has 1 aromatic heterocycles. The van der Waals surface area contributed by atoms with Crippen LogP contribution in [0.25, 0.3) is 11.1 Å². The summed E-state index contributed by atoms with van der Waals surface area (Å²) in [5.74, 6) is -1.41. The fourth-order valence-electron chi connectivity index (χ4n) is 4.28.